The summed E-state index contributed by atoms with van der Waals surface area (Å²) in [6, 6.07) is 26.4. The Morgan fingerprint density at radius 3 is 1.97 bits per heavy atom. The van der Waals surface area contributed by atoms with Gasteiger partial charge in [0.2, 0.25) is 0 Å². The van der Waals surface area contributed by atoms with Gasteiger partial charge in [-0.15, -0.1) is 0 Å². The molecule has 3 aliphatic carbocycles. The third kappa shape index (κ3) is 4.64. The van der Waals surface area contributed by atoms with Gasteiger partial charge in [0.15, 0.2) is 0 Å². The molecule has 0 atom stereocenters. The Morgan fingerprint density at radius 1 is 0.868 bits per heavy atom. The fourth-order valence-electron chi connectivity index (χ4n) is 6.54. The molecule has 0 N–H and O–H groups in total. The Balaban J connectivity index is 0.000000181. The first-order valence-electron chi connectivity index (χ1n) is 13.2. The normalized spacial score (nSPS) is 22.6. The molecule has 5 heteroatoms. The number of likely N-dealkylation sites (tertiary alicyclic amines) is 1. The molecular formula is C33H36Cl2NORu-. The zero-order chi connectivity index (χ0) is 27.2. The van der Waals surface area contributed by atoms with E-state index >= 15 is 0 Å². The van der Waals surface area contributed by atoms with Gasteiger partial charge < -0.3 is 4.90 Å². The summed E-state index contributed by atoms with van der Waals surface area (Å²) in [4.78, 5) is 2.57. The van der Waals surface area contributed by atoms with E-state index in [1.54, 1.807) is 5.57 Å². The maximum atomic E-state index is 5.82. The van der Waals surface area contributed by atoms with E-state index in [1.807, 2.05) is 42.7 Å². The number of hydrogen-bond donors (Lipinski definition) is 0. The van der Waals surface area contributed by atoms with E-state index < -0.39 is 13.5 Å². The van der Waals surface area contributed by atoms with Crippen molar-refractivity contribution < 1.29 is 18.3 Å². The summed E-state index contributed by atoms with van der Waals surface area (Å²) in [5, 5.41) is 0. The van der Waals surface area contributed by atoms with Gasteiger partial charge >= 0.3 is 97.8 Å². The Labute approximate surface area is 241 Å². The third-order valence-electron chi connectivity index (χ3n) is 7.86. The van der Waals surface area contributed by atoms with Crippen molar-refractivity contribution in [1.82, 2.24) is 4.90 Å². The van der Waals surface area contributed by atoms with Gasteiger partial charge in [0.1, 0.15) is 0 Å². The third-order valence-corrected chi connectivity index (χ3v) is 9.69. The van der Waals surface area contributed by atoms with Crippen molar-refractivity contribution in [3.05, 3.63) is 119 Å². The first-order chi connectivity index (χ1) is 18.1. The molecule has 0 aromatic heterocycles. The van der Waals surface area contributed by atoms with Gasteiger partial charge in [0, 0.05) is 11.5 Å². The minimum atomic E-state index is -1.77. The topological polar surface area (TPSA) is 12.5 Å². The van der Waals surface area contributed by atoms with Crippen LogP contribution in [0.2, 0.25) is 0 Å². The SMILES string of the molecule is CC(C)N1[CH-]C23C(=CC(c4ccccc42)c2ccccc23)C1(C)C.CC(C)Oc1ccccc1[CH]=[Ru]([Cl])[Cl]. The molecule has 1 spiro atoms. The van der Waals surface area contributed by atoms with Crippen LogP contribution in [-0.4, -0.2) is 27.2 Å². The molecule has 2 bridgehead atoms. The Bertz CT molecular complexity index is 1360. The van der Waals surface area contributed by atoms with Crippen LogP contribution in [-0.2, 0) is 18.9 Å². The van der Waals surface area contributed by atoms with Crippen LogP contribution >= 0.6 is 19.4 Å². The van der Waals surface area contributed by atoms with Crippen LogP contribution in [0, 0.1) is 6.54 Å². The number of halogens is 2. The molecule has 3 aromatic carbocycles. The molecular weight excluding hydrogens is 598 g/mol. The van der Waals surface area contributed by atoms with Crippen molar-refractivity contribution in [2.45, 2.75) is 70.6 Å². The van der Waals surface area contributed by atoms with Crippen LogP contribution in [0.3, 0.4) is 0 Å². The standard InChI is InChI=1S/C23H24N.C10H12O.2ClH.Ru/c1-15(2)24-14-23-19-11-7-5-9-16(19)18(13-21(23)22(24,3)4)17-10-6-8-12-20(17)23;1-8(2)11-10-7-5-4-6-9(10)3;;;/h5-15,18H,1-4H3;3-8H,1-2H3;2*1H;/q-1;;;;+2/p-2. The van der Waals surface area contributed by atoms with Crippen molar-refractivity contribution in [3.8, 4) is 5.75 Å². The van der Waals surface area contributed by atoms with E-state index in [2.05, 4.69) is 93.7 Å². The van der Waals surface area contributed by atoms with E-state index in [0.29, 0.717) is 12.0 Å². The minimum absolute atomic E-state index is 0.0491. The molecule has 4 aliphatic rings. The quantitative estimate of drug-likeness (QED) is 0.162. The Hall–Kier alpha value is -1.77. The fraction of sp³-hybridized carbons (Fsp3) is 0.333. The summed E-state index contributed by atoms with van der Waals surface area (Å²) in [6.07, 6.45) is 2.72. The fourth-order valence-corrected chi connectivity index (χ4v) is 8.35. The predicted octanol–water partition coefficient (Wildman–Crippen LogP) is 8.57. The molecule has 1 heterocycles. The van der Waals surface area contributed by atoms with Crippen molar-refractivity contribution in [1.29, 1.82) is 0 Å². The molecule has 3 aromatic rings. The van der Waals surface area contributed by atoms with E-state index in [9.17, 15) is 0 Å². The molecule has 1 fully saturated rings. The van der Waals surface area contributed by atoms with E-state index in [-0.39, 0.29) is 17.1 Å². The van der Waals surface area contributed by atoms with Crippen molar-refractivity contribution in [2.24, 2.45) is 0 Å². The van der Waals surface area contributed by atoms with Gasteiger partial charge in [-0.1, -0.05) is 90.6 Å². The van der Waals surface area contributed by atoms with Crippen LogP contribution in [0.5, 0.6) is 5.75 Å². The van der Waals surface area contributed by atoms with Gasteiger partial charge in [-0.25, -0.2) is 6.54 Å². The van der Waals surface area contributed by atoms with Crippen molar-refractivity contribution in [2.75, 3.05) is 0 Å². The number of rotatable bonds is 4. The first kappa shape index (κ1) is 27.8. The Kier molecular flexibility index (Phi) is 7.80. The van der Waals surface area contributed by atoms with E-state index in [1.165, 1.54) is 22.3 Å². The molecule has 2 nitrogen and oxygen atoms in total. The van der Waals surface area contributed by atoms with Crippen molar-refractivity contribution >= 4 is 24.0 Å². The zero-order valence-electron chi connectivity index (χ0n) is 22.9. The van der Waals surface area contributed by atoms with Gasteiger partial charge in [0.05, 0.1) is 0 Å². The second kappa shape index (κ2) is 10.7. The summed E-state index contributed by atoms with van der Waals surface area (Å²) < 4.78 is 7.51. The molecule has 0 amide bonds. The molecule has 1 saturated heterocycles. The summed E-state index contributed by atoms with van der Waals surface area (Å²) >= 11 is -1.77. The molecule has 1 aliphatic heterocycles. The van der Waals surface area contributed by atoms with E-state index in [0.717, 1.165) is 11.3 Å². The second-order valence-electron chi connectivity index (χ2n) is 11.2. The zero-order valence-corrected chi connectivity index (χ0v) is 26.1. The number of para-hydroxylation sites is 1. The second-order valence-corrected chi connectivity index (χ2v) is 17.0. The van der Waals surface area contributed by atoms with Gasteiger partial charge in [0.25, 0.3) is 0 Å². The average Bonchev–Trinajstić information content (AvgIpc) is 3.14. The molecule has 38 heavy (non-hydrogen) atoms. The van der Waals surface area contributed by atoms with Gasteiger partial charge in [-0.05, 0) is 31.0 Å². The maximum absolute atomic E-state index is 5.82. The summed E-state index contributed by atoms with van der Waals surface area (Å²) in [5.41, 5.74) is 8.46. The van der Waals surface area contributed by atoms with Crippen LogP contribution in [0.4, 0.5) is 0 Å². The number of nitrogens with zero attached hydrogens (tertiary/aromatic N) is 1. The molecule has 202 valence electrons. The molecule has 0 unspecified atom stereocenters. The predicted molar refractivity (Wildman–Crippen MR) is 158 cm³/mol. The molecule has 7 rings (SSSR count). The number of allylic oxidation sites excluding steroid dienone is 1. The summed E-state index contributed by atoms with van der Waals surface area (Å²) in [7, 11) is 11.6. The van der Waals surface area contributed by atoms with Crippen LogP contribution in [0.1, 0.15) is 75.3 Å². The molecule has 0 saturated carbocycles. The van der Waals surface area contributed by atoms with Gasteiger partial charge in [-0.3, -0.25) is 0 Å². The average molecular weight is 635 g/mol. The van der Waals surface area contributed by atoms with Gasteiger partial charge in [-0.2, -0.15) is 0 Å². The van der Waals surface area contributed by atoms with Crippen LogP contribution in [0.25, 0.3) is 0 Å². The van der Waals surface area contributed by atoms with Crippen LogP contribution in [0.15, 0.2) is 84.4 Å². The summed E-state index contributed by atoms with van der Waals surface area (Å²) in [5.74, 6) is 1.25. The Morgan fingerprint density at radius 2 is 1.42 bits per heavy atom. The first-order valence-corrected chi connectivity index (χ1v) is 18.7. The van der Waals surface area contributed by atoms with Crippen molar-refractivity contribution in [3.63, 3.8) is 0 Å². The number of hydrogen-bond acceptors (Lipinski definition) is 2. The summed E-state index contributed by atoms with van der Waals surface area (Å²) in [6.45, 7) is 15.9. The molecule has 0 radical (unpaired) electrons. The number of ether oxygens (including phenoxy) is 1. The van der Waals surface area contributed by atoms with Crippen LogP contribution < -0.4 is 4.74 Å². The monoisotopic (exact) mass is 634 g/mol. The van der Waals surface area contributed by atoms with E-state index in [4.69, 9.17) is 24.1 Å². The number of benzene rings is 3.